The van der Waals surface area contributed by atoms with Crippen LogP contribution >= 0.6 is 0 Å². The van der Waals surface area contributed by atoms with Crippen LogP contribution in [0.5, 0.6) is 11.5 Å². The van der Waals surface area contributed by atoms with Gasteiger partial charge in [0.1, 0.15) is 11.6 Å². The van der Waals surface area contributed by atoms with Crippen molar-refractivity contribution in [3.8, 4) is 17.6 Å². The zero-order chi connectivity index (χ0) is 20.7. The molecule has 0 aliphatic carbocycles. The Balaban J connectivity index is 2.23. The van der Waals surface area contributed by atoms with Crippen molar-refractivity contribution in [2.24, 2.45) is 0 Å². The molecule has 0 spiro atoms. The largest absolute Gasteiger partial charge is 0.493 e. The predicted octanol–water partition coefficient (Wildman–Crippen LogP) is 3.54. The van der Waals surface area contributed by atoms with Gasteiger partial charge in [0.2, 0.25) is 0 Å². The molecular weight excluding hydrogens is 374 g/mol. The van der Waals surface area contributed by atoms with Gasteiger partial charge in [-0.3, -0.25) is 4.79 Å². The highest BCUT2D eigenvalue weighted by Gasteiger charge is 2.13. The molecule has 2 rings (SSSR count). The Morgan fingerprint density at radius 2 is 1.86 bits per heavy atom. The standard InChI is InChI=1S/C19H14F2N2O5/c1-27-15-7-2-11(9-16(15)28-19(20)21)8-13(10-22)17(24)23-14-5-3-12(4-6-14)18(25)26/h2-9,19H,1H3,(H,23,24)(H,25,26)/b13-8+. The van der Waals surface area contributed by atoms with Crippen molar-refractivity contribution in [3.63, 3.8) is 0 Å². The highest BCUT2D eigenvalue weighted by atomic mass is 19.3. The highest BCUT2D eigenvalue weighted by Crippen LogP contribution is 2.30. The number of nitrogens with one attached hydrogen (secondary N) is 1. The van der Waals surface area contributed by atoms with E-state index >= 15 is 0 Å². The summed E-state index contributed by atoms with van der Waals surface area (Å²) in [6, 6.07) is 11.1. The van der Waals surface area contributed by atoms with Crippen LogP contribution in [0.4, 0.5) is 14.5 Å². The van der Waals surface area contributed by atoms with Gasteiger partial charge < -0.3 is 19.9 Å². The number of carbonyl (C=O) groups excluding carboxylic acids is 1. The third-order valence-corrected chi connectivity index (χ3v) is 3.47. The number of carboxylic acids is 1. The van der Waals surface area contributed by atoms with E-state index in [-0.39, 0.29) is 33.9 Å². The topological polar surface area (TPSA) is 109 Å². The first kappa shape index (κ1) is 20.4. The molecule has 2 aromatic rings. The van der Waals surface area contributed by atoms with Crippen LogP contribution in [-0.2, 0) is 4.79 Å². The maximum atomic E-state index is 12.5. The molecule has 2 N–H and O–H groups in total. The first-order valence-corrected chi connectivity index (χ1v) is 7.73. The minimum atomic E-state index is -3.07. The third kappa shape index (κ3) is 5.28. The number of alkyl halides is 2. The van der Waals surface area contributed by atoms with E-state index in [0.717, 1.165) is 0 Å². The molecule has 0 heterocycles. The second kappa shape index (κ2) is 9.14. The van der Waals surface area contributed by atoms with E-state index < -0.39 is 18.5 Å². The van der Waals surface area contributed by atoms with E-state index in [4.69, 9.17) is 9.84 Å². The Kier molecular flexibility index (Phi) is 6.65. The fourth-order valence-electron chi connectivity index (χ4n) is 2.18. The molecule has 9 heteroatoms. The second-order valence-electron chi connectivity index (χ2n) is 5.30. The average molecular weight is 388 g/mol. The van der Waals surface area contributed by atoms with E-state index in [9.17, 15) is 23.6 Å². The summed E-state index contributed by atoms with van der Waals surface area (Å²) in [7, 11) is 1.28. The molecule has 0 unspecified atom stereocenters. The molecule has 0 aliphatic rings. The molecule has 0 bridgehead atoms. The molecule has 7 nitrogen and oxygen atoms in total. The number of benzene rings is 2. The summed E-state index contributed by atoms with van der Waals surface area (Å²) in [5.74, 6) is -2.04. The van der Waals surface area contributed by atoms with Crippen molar-refractivity contribution in [2.75, 3.05) is 12.4 Å². The van der Waals surface area contributed by atoms with E-state index in [1.807, 2.05) is 0 Å². The fraction of sp³-hybridized carbons (Fsp3) is 0.105. The number of hydrogen-bond donors (Lipinski definition) is 2. The molecule has 0 radical (unpaired) electrons. The van der Waals surface area contributed by atoms with Crippen molar-refractivity contribution < 1.29 is 33.0 Å². The molecule has 2 aromatic carbocycles. The lowest BCUT2D eigenvalue weighted by atomic mass is 10.1. The number of carbonyl (C=O) groups is 2. The van der Waals surface area contributed by atoms with Crippen LogP contribution in [0, 0.1) is 11.3 Å². The Labute approximate surface area is 158 Å². The molecular formula is C19H14F2N2O5. The molecule has 0 aliphatic heterocycles. The molecule has 1 amide bonds. The quantitative estimate of drug-likeness (QED) is 0.555. The lowest BCUT2D eigenvalue weighted by molar-refractivity contribution is -0.112. The van der Waals surface area contributed by atoms with Crippen LogP contribution in [0.15, 0.2) is 48.0 Å². The summed E-state index contributed by atoms with van der Waals surface area (Å²) >= 11 is 0. The number of hydrogen-bond acceptors (Lipinski definition) is 5. The summed E-state index contributed by atoms with van der Waals surface area (Å²) < 4.78 is 34.3. The number of rotatable bonds is 7. The zero-order valence-electron chi connectivity index (χ0n) is 14.5. The number of aromatic carboxylic acids is 1. The van der Waals surface area contributed by atoms with E-state index in [0.29, 0.717) is 0 Å². The van der Waals surface area contributed by atoms with Crippen LogP contribution in [0.1, 0.15) is 15.9 Å². The molecule has 0 fully saturated rings. The van der Waals surface area contributed by atoms with Gasteiger partial charge in [-0.15, -0.1) is 0 Å². The lowest BCUT2D eigenvalue weighted by Crippen LogP contribution is -2.13. The first-order valence-electron chi connectivity index (χ1n) is 7.73. The number of nitriles is 1. The SMILES string of the molecule is COc1ccc(/C=C(\C#N)C(=O)Nc2ccc(C(=O)O)cc2)cc1OC(F)F. The van der Waals surface area contributed by atoms with E-state index in [1.54, 1.807) is 6.07 Å². The number of carboxylic acid groups (broad SMARTS) is 1. The van der Waals surface area contributed by atoms with Gasteiger partial charge in [-0.2, -0.15) is 14.0 Å². The van der Waals surface area contributed by atoms with Gasteiger partial charge in [-0.25, -0.2) is 4.79 Å². The molecule has 0 atom stereocenters. The van der Waals surface area contributed by atoms with Gasteiger partial charge in [0.25, 0.3) is 5.91 Å². The van der Waals surface area contributed by atoms with Gasteiger partial charge in [0.15, 0.2) is 11.5 Å². The minimum absolute atomic E-state index is 0.0406. The van der Waals surface area contributed by atoms with Gasteiger partial charge in [-0.05, 0) is 48.0 Å². The van der Waals surface area contributed by atoms with E-state index in [2.05, 4.69) is 10.1 Å². The molecule has 0 saturated heterocycles. The summed E-state index contributed by atoms with van der Waals surface area (Å²) in [4.78, 5) is 23.1. The number of anilines is 1. The second-order valence-corrected chi connectivity index (χ2v) is 5.30. The van der Waals surface area contributed by atoms with Crippen molar-refractivity contribution in [1.82, 2.24) is 0 Å². The summed E-state index contributed by atoms with van der Waals surface area (Å²) in [5.41, 5.74) is 0.297. The summed E-state index contributed by atoms with van der Waals surface area (Å²) in [5, 5.41) is 20.5. The predicted molar refractivity (Wildman–Crippen MR) is 95.2 cm³/mol. The summed E-state index contributed by atoms with van der Waals surface area (Å²) in [6.07, 6.45) is 1.19. The van der Waals surface area contributed by atoms with E-state index in [1.165, 1.54) is 55.7 Å². The third-order valence-electron chi connectivity index (χ3n) is 3.47. The smallest absolute Gasteiger partial charge is 0.387 e. The number of halogens is 2. The molecule has 0 saturated carbocycles. The maximum absolute atomic E-state index is 12.5. The average Bonchev–Trinajstić information content (AvgIpc) is 2.66. The minimum Gasteiger partial charge on any atom is -0.493 e. The Morgan fingerprint density at radius 3 is 2.39 bits per heavy atom. The van der Waals surface area contributed by atoms with Gasteiger partial charge in [0, 0.05) is 5.69 Å². The van der Waals surface area contributed by atoms with Gasteiger partial charge in [-0.1, -0.05) is 6.07 Å². The van der Waals surface area contributed by atoms with Crippen LogP contribution in [0.25, 0.3) is 6.08 Å². The van der Waals surface area contributed by atoms with Gasteiger partial charge in [0.05, 0.1) is 12.7 Å². The van der Waals surface area contributed by atoms with Crippen molar-refractivity contribution in [2.45, 2.75) is 6.61 Å². The van der Waals surface area contributed by atoms with Crippen LogP contribution in [0.2, 0.25) is 0 Å². The maximum Gasteiger partial charge on any atom is 0.387 e. The normalized spacial score (nSPS) is 10.9. The Hall–Kier alpha value is -3.93. The zero-order valence-corrected chi connectivity index (χ0v) is 14.5. The lowest BCUT2D eigenvalue weighted by Gasteiger charge is -2.10. The van der Waals surface area contributed by atoms with Crippen LogP contribution in [-0.4, -0.2) is 30.7 Å². The highest BCUT2D eigenvalue weighted by molar-refractivity contribution is 6.09. The fourth-order valence-corrected chi connectivity index (χ4v) is 2.18. The van der Waals surface area contributed by atoms with Crippen LogP contribution < -0.4 is 14.8 Å². The summed E-state index contributed by atoms with van der Waals surface area (Å²) in [6.45, 7) is -3.07. The van der Waals surface area contributed by atoms with Crippen molar-refractivity contribution >= 4 is 23.6 Å². The van der Waals surface area contributed by atoms with Crippen LogP contribution in [0.3, 0.4) is 0 Å². The van der Waals surface area contributed by atoms with Crippen molar-refractivity contribution in [1.29, 1.82) is 5.26 Å². The monoisotopic (exact) mass is 388 g/mol. The van der Waals surface area contributed by atoms with Gasteiger partial charge >= 0.3 is 12.6 Å². The first-order chi connectivity index (χ1) is 13.3. The van der Waals surface area contributed by atoms with Crippen molar-refractivity contribution in [3.05, 3.63) is 59.2 Å². The molecule has 28 heavy (non-hydrogen) atoms. The number of nitrogens with zero attached hydrogens (tertiary/aromatic N) is 1. The molecule has 144 valence electrons. The Bertz CT molecular complexity index is 950. The number of amides is 1. The molecule has 0 aromatic heterocycles. The Morgan fingerprint density at radius 1 is 1.18 bits per heavy atom. The number of methoxy groups -OCH3 is 1. The number of ether oxygens (including phenoxy) is 2.